The Labute approximate surface area is 120 Å². The minimum absolute atomic E-state index is 0.0760. The smallest absolute Gasteiger partial charge is 0.257 e. The average Bonchev–Trinajstić information content (AvgIpc) is 2.84. The van der Waals surface area contributed by atoms with Gasteiger partial charge in [0.05, 0.1) is 5.01 Å². The molecule has 0 fully saturated rings. The van der Waals surface area contributed by atoms with Crippen molar-refractivity contribution >= 4 is 17.2 Å². The van der Waals surface area contributed by atoms with Gasteiger partial charge in [0.15, 0.2) is 6.61 Å². The van der Waals surface area contributed by atoms with Gasteiger partial charge in [-0.2, -0.15) is 0 Å². The molecule has 0 radical (unpaired) electrons. The SMILES string of the molecule is Cc1ncc(CCNC(=O)COc2ccc(F)cc2)s1. The number of hydrogen-bond acceptors (Lipinski definition) is 4. The number of carbonyl (C=O) groups is 1. The molecule has 2 rings (SSSR count). The Morgan fingerprint density at radius 2 is 2.15 bits per heavy atom. The third kappa shape index (κ3) is 4.62. The van der Waals surface area contributed by atoms with Crippen molar-refractivity contribution in [3.05, 3.63) is 46.2 Å². The van der Waals surface area contributed by atoms with E-state index in [1.165, 1.54) is 24.3 Å². The Hall–Kier alpha value is -1.95. The van der Waals surface area contributed by atoms with Gasteiger partial charge in [0, 0.05) is 24.0 Å². The summed E-state index contributed by atoms with van der Waals surface area (Å²) in [6, 6.07) is 5.56. The maximum atomic E-state index is 12.7. The van der Waals surface area contributed by atoms with Crippen LogP contribution in [-0.4, -0.2) is 24.0 Å². The molecule has 1 aromatic carbocycles. The fourth-order valence-corrected chi connectivity index (χ4v) is 2.37. The largest absolute Gasteiger partial charge is 0.484 e. The van der Waals surface area contributed by atoms with E-state index in [4.69, 9.17) is 4.74 Å². The third-order valence-corrected chi connectivity index (χ3v) is 3.52. The van der Waals surface area contributed by atoms with E-state index in [9.17, 15) is 9.18 Å². The van der Waals surface area contributed by atoms with E-state index in [0.717, 1.165) is 16.3 Å². The summed E-state index contributed by atoms with van der Waals surface area (Å²) in [5.41, 5.74) is 0. The van der Waals surface area contributed by atoms with E-state index in [2.05, 4.69) is 10.3 Å². The monoisotopic (exact) mass is 294 g/mol. The molecule has 1 amide bonds. The number of aromatic nitrogens is 1. The Kier molecular flexibility index (Phi) is 5.06. The van der Waals surface area contributed by atoms with Crippen molar-refractivity contribution in [2.75, 3.05) is 13.2 Å². The Morgan fingerprint density at radius 1 is 1.40 bits per heavy atom. The highest BCUT2D eigenvalue weighted by Crippen LogP contribution is 2.12. The normalized spacial score (nSPS) is 10.3. The van der Waals surface area contributed by atoms with Crippen LogP contribution in [0.2, 0.25) is 0 Å². The van der Waals surface area contributed by atoms with Crippen molar-refractivity contribution in [2.45, 2.75) is 13.3 Å². The summed E-state index contributed by atoms with van der Waals surface area (Å²) in [6.07, 6.45) is 2.58. The van der Waals surface area contributed by atoms with Crippen molar-refractivity contribution in [3.8, 4) is 5.75 Å². The molecule has 0 unspecified atom stereocenters. The van der Waals surface area contributed by atoms with Crippen molar-refractivity contribution in [1.29, 1.82) is 0 Å². The molecule has 0 atom stereocenters. The highest BCUT2D eigenvalue weighted by molar-refractivity contribution is 7.11. The number of benzene rings is 1. The molecule has 1 N–H and O–H groups in total. The number of thiazole rings is 1. The summed E-state index contributed by atoms with van der Waals surface area (Å²) in [6.45, 7) is 2.42. The maximum absolute atomic E-state index is 12.7. The van der Waals surface area contributed by atoms with Crippen LogP contribution >= 0.6 is 11.3 Å². The number of carbonyl (C=O) groups excluding carboxylic acids is 1. The summed E-state index contributed by atoms with van der Waals surface area (Å²) in [5.74, 6) is -0.0585. The van der Waals surface area contributed by atoms with E-state index in [1.54, 1.807) is 11.3 Å². The number of aryl methyl sites for hydroxylation is 1. The van der Waals surface area contributed by atoms with Crippen LogP contribution in [0.3, 0.4) is 0 Å². The molecule has 2 aromatic rings. The fourth-order valence-electron chi connectivity index (χ4n) is 1.58. The first kappa shape index (κ1) is 14.5. The van der Waals surface area contributed by atoms with Crippen molar-refractivity contribution in [3.63, 3.8) is 0 Å². The maximum Gasteiger partial charge on any atom is 0.257 e. The summed E-state index contributed by atoms with van der Waals surface area (Å²) in [5, 5.41) is 3.78. The lowest BCUT2D eigenvalue weighted by Gasteiger charge is -2.06. The highest BCUT2D eigenvalue weighted by Gasteiger charge is 2.04. The van der Waals surface area contributed by atoms with Gasteiger partial charge in [0.25, 0.3) is 5.91 Å². The fraction of sp³-hybridized carbons (Fsp3) is 0.286. The van der Waals surface area contributed by atoms with Crippen molar-refractivity contribution < 1.29 is 13.9 Å². The van der Waals surface area contributed by atoms with Gasteiger partial charge in [0.2, 0.25) is 0 Å². The van der Waals surface area contributed by atoms with Gasteiger partial charge in [-0.05, 0) is 31.2 Å². The van der Waals surface area contributed by atoms with Crippen molar-refractivity contribution in [2.24, 2.45) is 0 Å². The minimum Gasteiger partial charge on any atom is -0.484 e. The quantitative estimate of drug-likeness (QED) is 0.889. The molecule has 0 spiro atoms. The molecule has 0 bridgehead atoms. The first-order chi connectivity index (χ1) is 9.63. The molecule has 0 aliphatic heterocycles. The lowest BCUT2D eigenvalue weighted by molar-refractivity contribution is -0.123. The third-order valence-electron chi connectivity index (χ3n) is 2.55. The number of halogens is 1. The van der Waals surface area contributed by atoms with Gasteiger partial charge in [-0.1, -0.05) is 0 Å². The van der Waals surface area contributed by atoms with Gasteiger partial charge in [-0.25, -0.2) is 9.37 Å². The number of rotatable bonds is 6. The van der Waals surface area contributed by atoms with Crippen LogP contribution in [0.5, 0.6) is 5.75 Å². The Bertz CT molecular complexity index is 569. The van der Waals surface area contributed by atoms with E-state index in [-0.39, 0.29) is 18.3 Å². The molecule has 6 heteroatoms. The lowest BCUT2D eigenvalue weighted by Crippen LogP contribution is -2.30. The minimum atomic E-state index is -0.332. The van der Waals surface area contributed by atoms with Gasteiger partial charge in [0.1, 0.15) is 11.6 Å². The zero-order chi connectivity index (χ0) is 14.4. The van der Waals surface area contributed by atoms with Crippen LogP contribution in [0.15, 0.2) is 30.5 Å². The number of amides is 1. The molecule has 106 valence electrons. The summed E-state index contributed by atoms with van der Waals surface area (Å²) in [4.78, 5) is 16.8. The molecule has 0 aliphatic rings. The predicted molar refractivity (Wildman–Crippen MR) is 75.5 cm³/mol. The summed E-state index contributed by atoms with van der Waals surface area (Å²) < 4.78 is 17.9. The second kappa shape index (κ2) is 7.00. The van der Waals surface area contributed by atoms with E-state index < -0.39 is 0 Å². The van der Waals surface area contributed by atoms with Gasteiger partial charge < -0.3 is 10.1 Å². The first-order valence-corrected chi connectivity index (χ1v) is 7.01. The van der Waals surface area contributed by atoms with Crippen LogP contribution in [0.4, 0.5) is 4.39 Å². The molecule has 0 saturated carbocycles. The number of ether oxygens (including phenoxy) is 1. The first-order valence-electron chi connectivity index (χ1n) is 6.20. The predicted octanol–water partition coefficient (Wildman–Crippen LogP) is 2.33. The Morgan fingerprint density at radius 3 is 2.80 bits per heavy atom. The molecule has 1 aromatic heterocycles. The summed E-state index contributed by atoms with van der Waals surface area (Å²) in [7, 11) is 0. The number of nitrogens with one attached hydrogen (secondary N) is 1. The molecule has 0 aliphatic carbocycles. The standard InChI is InChI=1S/C14H15FN2O2S/c1-10-17-8-13(20-10)6-7-16-14(18)9-19-12-4-2-11(15)3-5-12/h2-5,8H,6-7,9H2,1H3,(H,16,18). The van der Waals surface area contributed by atoms with Crippen molar-refractivity contribution in [1.82, 2.24) is 10.3 Å². The average molecular weight is 294 g/mol. The molecule has 0 saturated heterocycles. The second-order valence-electron chi connectivity index (χ2n) is 4.19. The lowest BCUT2D eigenvalue weighted by atomic mass is 10.3. The van der Waals surface area contributed by atoms with E-state index in [0.29, 0.717) is 12.3 Å². The van der Waals surface area contributed by atoms with Gasteiger partial charge >= 0.3 is 0 Å². The van der Waals surface area contributed by atoms with Crippen LogP contribution in [0, 0.1) is 12.7 Å². The zero-order valence-electron chi connectivity index (χ0n) is 11.1. The topological polar surface area (TPSA) is 51.2 Å². The van der Waals surface area contributed by atoms with Gasteiger partial charge in [-0.3, -0.25) is 4.79 Å². The van der Waals surface area contributed by atoms with Crippen LogP contribution < -0.4 is 10.1 Å². The van der Waals surface area contributed by atoms with Gasteiger partial charge in [-0.15, -0.1) is 11.3 Å². The van der Waals surface area contributed by atoms with E-state index >= 15 is 0 Å². The van der Waals surface area contributed by atoms with Crippen LogP contribution in [0.1, 0.15) is 9.88 Å². The molecule has 4 nitrogen and oxygen atoms in total. The molecular weight excluding hydrogens is 279 g/mol. The van der Waals surface area contributed by atoms with Crippen LogP contribution in [-0.2, 0) is 11.2 Å². The number of nitrogens with zero attached hydrogens (tertiary/aromatic N) is 1. The summed E-state index contributed by atoms with van der Waals surface area (Å²) >= 11 is 1.62. The highest BCUT2D eigenvalue weighted by atomic mass is 32.1. The second-order valence-corrected chi connectivity index (χ2v) is 5.51. The molecule has 1 heterocycles. The van der Waals surface area contributed by atoms with Crippen LogP contribution in [0.25, 0.3) is 0 Å². The molecular formula is C14H15FN2O2S. The number of hydrogen-bond donors (Lipinski definition) is 1. The Balaban J connectivity index is 1.66. The molecule has 20 heavy (non-hydrogen) atoms. The van der Waals surface area contributed by atoms with E-state index in [1.807, 2.05) is 13.1 Å². The zero-order valence-corrected chi connectivity index (χ0v) is 11.9.